The van der Waals surface area contributed by atoms with Crippen molar-refractivity contribution in [2.75, 3.05) is 51.2 Å². The molecule has 2 fully saturated rings. The quantitative estimate of drug-likeness (QED) is 0.885. The predicted molar refractivity (Wildman–Crippen MR) is 88.8 cm³/mol. The highest BCUT2D eigenvalue weighted by Gasteiger charge is 2.31. The minimum absolute atomic E-state index is 0.340. The summed E-state index contributed by atoms with van der Waals surface area (Å²) in [5.41, 5.74) is 9.06. The van der Waals surface area contributed by atoms with Gasteiger partial charge in [0.25, 0.3) is 0 Å². The maximum atomic E-state index is 6.36. The number of anilines is 1. The number of hydrogen-bond donors (Lipinski definition) is 1. The largest absolute Gasteiger partial charge is 0.369 e. The molecule has 0 saturated carbocycles. The average Bonchev–Trinajstić information content (AvgIpc) is 2.50. The van der Waals surface area contributed by atoms with Crippen LogP contribution in [0.2, 0.25) is 0 Å². The van der Waals surface area contributed by atoms with Gasteiger partial charge in [-0.15, -0.1) is 0 Å². The highest BCUT2D eigenvalue weighted by atomic mass is 15.3. The van der Waals surface area contributed by atoms with Crippen molar-refractivity contribution >= 4 is 5.69 Å². The lowest BCUT2D eigenvalue weighted by Crippen LogP contribution is -2.61. The Labute approximate surface area is 128 Å². The molecule has 116 valence electrons. The third-order valence-electron chi connectivity index (χ3n) is 4.99. The van der Waals surface area contributed by atoms with E-state index in [0.717, 1.165) is 45.7 Å². The zero-order valence-corrected chi connectivity index (χ0v) is 13.3. The van der Waals surface area contributed by atoms with Crippen LogP contribution < -0.4 is 10.6 Å². The molecule has 2 aliphatic heterocycles. The Bertz CT molecular complexity index is 468. The van der Waals surface area contributed by atoms with E-state index in [-0.39, 0.29) is 0 Å². The van der Waals surface area contributed by atoms with Crippen molar-refractivity contribution in [1.82, 2.24) is 9.80 Å². The maximum Gasteiger partial charge on any atom is 0.0376 e. The maximum absolute atomic E-state index is 6.36. The second kappa shape index (κ2) is 6.34. The summed E-state index contributed by atoms with van der Waals surface area (Å²) in [7, 11) is 2.21. The Morgan fingerprint density at radius 3 is 2.57 bits per heavy atom. The third-order valence-corrected chi connectivity index (χ3v) is 4.99. The van der Waals surface area contributed by atoms with E-state index in [0.29, 0.717) is 12.1 Å². The van der Waals surface area contributed by atoms with E-state index in [9.17, 15) is 0 Å². The fourth-order valence-electron chi connectivity index (χ4n) is 3.63. The summed E-state index contributed by atoms with van der Waals surface area (Å²) in [4.78, 5) is 7.52. The van der Waals surface area contributed by atoms with Crippen LogP contribution in [-0.4, -0.2) is 68.2 Å². The van der Waals surface area contributed by atoms with Gasteiger partial charge in [0.1, 0.15) is 0 Å². The van der Waals surface area contributed by atoms with Gasteiger partial charge in [-0.2, -0.15) is 0 Å². The van der Waals surface area contributed by atoms with Gasteiger partial charge in [-0.05, 0) is 44.6 Å². The number of nitrogens with two attached hydrogens (primary N) is 1. The summed E-state index contributed by atoms with van der Waals surface area (Å²) in [6.45, 7) is 8.89. The molecule has 2 heterocycles. The predicted octanol–water partition coefficient (Wildman–Crippen LogP) is 1.15. The average molecular weight is 288 g/mol. The van der Waals surface area contributed by atoms with Gasteiger partial charge in [-0.3, -0.25) is 4.90 Å². The molecule has 1 aromatic carbocycles. The van der Waals surface area contributed by atoms with E-state index in [1.807, 2.05) is 0 Å². The SMILES string of the molecule is Cc1cccc(N2CCN(C3CN(C)CCC3N)CC2)c1. The number of nitrogens with zero attached hydrogens (tertiary/aromatic N) is 3. The van der Waals surface area contributed by atoms with E-state index >= 15 is 0 Å². The van der Waals surface area contributed by atoms with Gasteiger partial charge in [-0.25, -0.2) is 0 Å². The number of hydrogen-bond acceptors (Lipinski definition) is 4. The molecule has 1 aromatic rings. The second-order valence-corrected chi connectivity index (χ2v) is 6.64. The normalized spacial score (nSPS) is 28.8. The molecule has 4 nitrogen and oxygen atoms in total. The molecule has 4 heteroatoms. The van der Waals surface area contributed by atoms with Crippen molar-refractivity contribution in [3.63, 3.8) is 0 Å². The van der Waals surface area contributed by atoms with Gasteiger partial charge >= 0.3 is 0 Å². The molecule has 0 aliphatic carbocycles. The first-order chi connectivity index (χ1) is 10.1. The topological polar surface area (TPSA) is 35.7 Å². The molecule has 2 aliphatic rings. The fourth-order valence-corrected chi connectivity index (χ4v) is 3.63. The number of piperidine rings is 1. The number of benzene rings is 1. The van der Waals surface area contributed by atoms with Crippen LogP contribution in [-0.2, 0) is 0 Å². The lowest BCUT2D eigenvalue weighted by atomic mass is 9.98. The summed E-state index contributed by atoms with van der Waals surface area (Å²) in [6, 6.07) is 9.70. The zero-order chi connectivity index (χ0) is 14.8. The monoisotopic (exact) mass is 288 g/mol. The lowest BCUT2D eigenvalue weighted by molar-refractivity contribution is 0.0901. The molecule has 0 spiro atoms. The van der Waals surface area contributed by atoms with Crippen molar-refractivity contribution in [1.29, 1.82) is 0 Å². The van der Waals surface area contributed by atoms with Crippen LogP contribution in [0.5, 0.6) is 0 Å². The van der Waals surface area contributed by atoms with Gasteiger partial charge in [0.15, 0.2) is 0 Å². The standard InChI is InChI=1S/C17H28N4/c1-14-4-3-5-15(12-14)20-8-10-21(11-9-20)17-13-19(2)7-6-16(17)18/h3-5,12,16-17H,6-11,13,18H2,1-2H3. The molecule has 21 heavy (non-hydrogen) atoms. The van der Waals surface area contributed by atoms with Gasteiger partial charge in [0.2, 0.25) is 0 Å². The molecule has 2 atom stereocenters. The van der Waals surface area contributed by atoms with E-state index in [4.69, 9.17) is 5.73 Å². The van der Waals surface area contributed by atoms with Crippen LogP contribution >= 0.6 is 0 Å². The molecule has 2 saturated heterocycles. The Hall–Kier alpha value is -1.10. The summed E-state index contributed by atoms with van der Waals surface area (Å²) in [5, 5.41) is 0. The molecule has 0 amide bonds. The van der Waals surface area contributed by atoms with Crippen molar-refractivity contribution < 1.29 is 0 Å². The first kappa shape index (κ1) is 14.8. The molecular formula is C17H28N4. The molecular weight excluding hydrogens is 260 g/mol. The Morgan fingerprint density at radius 1 is 1.10 bits per heavy atom. The number of likely N-dealkylation sites (N-methyl/N-ethyl adjacent to an activating group) is 1. The molecule has 0 bridgehead atoms. The third kappa shape index (κ3) is 3.39. The lowest BCUT2D eigenvalue weighted by Gasteiger charge is -2.45. The molecule has 0 radical (unpaired) electrons. The van der Waals surface area contributed by atoms with Crippen LogP contribution in [0.1, 0.15) is 12.0 Å². The summed E-state index contributed by atoms with van der Waals surface area (Å²) in [6.07, 6.45) is 1.12. The smallest absolute Gasteiger partial charge is 0.0376 e. The fraction of sp³-hybridized carbons (Fsp3) is 0.647. The zero-order valence-electron chi connectivity index (χ0n) is 13.3. The molecule has 0 aromatic heterocycles. The first-order valence-electron chi connectivity index (χ1n) is 8.13. The van der Waals surface area contributed by atoms with Crippen LogP contribution in [0.4, 0.5) is 5.69 Å². The van der Waals surface area contributed by atoms with E-state index in [2.05, 4.69) is 52.9 Å². The number of piperazine rings is 1. The van der Waals surface area contributed by atoms with Crippen molar-refractivity contribution in [2.24, 2.45) is 5.73 Å². The van der Waals surface area contributed by atoms with Crippen LogP contribution in [0.3, 0.4) is 0 Å². The number of aryl methyl sites for hydroxylation is 1. The summed E-state index contributed by atoms with van der Waals surface area (Å²) in [5.74, 6) is 0. The van der Waals surface area contributed by atoms with Crippen LogP contribution in [0.25, 0.3) is 0 Å². The summed E-state index contributed by atoms with van der Waals surface area (Å²) >= 11 is 0. The van der Waals surface area contributed by atoms with Gasteiger partial charge < -0.3 is 15.5 Å². The van der Waals surface area contributed by atoms with Crippen molar-refractivity contribution in [2.45, 2.75) is 25.4 Å². The number of likely N-dealkylation sites (tertiary alicyclic amines) is 1. The second-order valence-electron chi connectivity index (χ2n) is 6.64. The number of rotatable bonds is 2. The molecule has 2 unspecified atom stereocenters. The first-order valence-corrected chi connectivity index (χ1v) is 8.13. The summed E-state index contributed by atoms with van der Waals surface area (Å²) < 4.78 is 0. The van der Waals surface area contributed by atoms with E-state index < -0.39 is 0 Å². The van der Waals surface area contributed by atoms with Crippen molar-refractivity contribution in [3.8, 4) is 0 Å². The van der Waals surface area contributed by atoms with Gasteiger partial charge in [-0.1, -0.05) is 12.1 Å². The Kier molecular flexibility index (Phi) is 4.48. The Balaban J connectivity index is 1.60. The minimum Gasteiger partial charge on any atom is -0.369 e. The van der Waals surface area contributed by atoms with Crippen LogP contribution in [0.15, 0.2) is 24.3 Å². The van der Waals surface area contributed by atoms with Crippen LogP contribution in [0, 0.1) is 6.92 Å². The minimum atomic E-state index is 0.340. The van der Waals surface area contributed by atoms with Gasteiger partial charge in [0.05, 0.1) is 0 Å². The van der Waals surface area contributed by atoms with E-state index in [1.165, 1.54) is 11.3 Å². The van der Waals surface area contributed by atoms with Gasteiger partial charge in [0, 0.05) is 50.5 Å². The molecule has 2 N–H and O–H groups in total. The Morgan fingerprint density at radius 2 is 1.86 bits per heavy atom. The highest BCUT2D eigenvalue weighted by Crippen LogP contribution is 2.21. The highest BCUT2D eigenvalue weighted by molar-refractivity contribution is 5.48. The van der Waals surface area contributed by atoms with E-state index in [1.54, 1.807) is 0 Å². The van der Waals surface area contributed by atoms with Crippen molar-refractivity contribution in [3.05, 3.63) is 29.8 Å². The molecule has 3 rings (SSSR count).